The van der Waals surface area contributed by atoms with Crippen molar-refractivity contribution in [2.24, 2.45) is 5.92 Å². The van der Waals surface area contributed by atoms with Crippen LogP contribution in [-0.2, 0) is 0 Å². The van der Waals surface area contributed by atoms with Gasteiger partial charge in [-0.15, -0.1) is 22.0 Å². The average molecular weight is 245 g/mol. The predicted octanol–water partition coefficient (Wildman–Crippen LogP) is 3.88. The molecule has 0 spiro atoms. The summed E-state index contributed by atoms with van der Waals surface area (Å²) in [7, 11) is 0. The molecule has 1 aromatic heterocycles. The van der Waals surface area contributed by atoms with Gasteiger partial charge < -0.3 is 0 Å². The molecule has 0 saturated carbocycles. The number of aromatic nitrogens is 2. The fraction of sp³-hybridized carbons (Fsp3) is 0.636. The Morgan fingerprint density at radius 2 is 1.67 bits per heavy atom. The van der Waals surface area contributed by atoms with Gasteiger partial charge in [0.2, 0.25) is 0 Å². The van der Waals surface area contributed by atoms with Crippen LogP contribution in [-0.4, -0.2) is 15.4 Å². The van der Waals surface area contributed by atoms with E-state index < -0.39 is 0 Å². The van der Waals surface area contributed by atoms with Crippen LogP contribution in [0, 0.1) is 19.8 Å². The second-order valence-electron chi connectivity index (χ2n) is 4.11. The molecule has 1 heterocycles. The Morgan fingerprint density at radius 1 is 1.07 bits per heavy atom. The highest BCUT2D eigenvalue weighted by atomic mass is 35.5. The van der Waals surface area contributed by atoms with E-state index in [-0.39, 0.29) is 0 Å². The average Bonchev–Trinajstić information content (AvgIpc) is 2.18. The molecule has 0 amide bonds. The molecule has 0 aliphatic carbocycles. The van der Waals surface area contributed by atoms with Crippen LogP contribution in [0.3, 0.4) is 0 Å². The molecule has 84 valence electrons. The lowest BCUT2D eigenvalue weighted by atomic mass is 10.2. The fourth-order valence-corrected chi connectivity index (χ4v) is 2.20. The van der Waals surface area contributed by atoms with Crippen LogP contribution in [0.2, 0.25) is 5.15 Å². The van der Waals surface area contributed by atoms with E-state index in [1.165, 1.54) is 0 Å². The van der Waals surface area contributed by atoms with Crippen molar-refractivity contribution in [2.75, 3.05) is 0 Å². The normalized spacial score (nSPS) is 13.3. The second kappa shape index (κ2) is 5.17. The molecule has 4 heteroatoms. The van der Waals surface area contributed by atoms with Gasteiger partial charge in [-0.2, -0.15) is 0 Å². The Bertz CT molecular complexity index is 353. The van der Waals surface area contributed by atoms with Crippen molar-refractivity contribution in [1.82, 2.24) is 10.2 Å². The summed E-state index contributed by atoms with van der Waals surface area (Å²) in [6.45, 7) is 10.7. The number of hydrogen-bond acceptors (Lipinski definition) is 3. The standard InChI is InChI=1S/C11H17ClN2S/c1-6(2)9(5)15-11-8(4)7(3)10(12)13-14-11/h6,9H,1-5H3. The Morgan fingerprint density at radius 3 is 2.20 bits per heavy atom. The summed E-state index contributed by atoms with van der Waals surface area (Å²) in [5.74, 6) is 0.632. The van der Waals surface area contributed by atoms with Crippen molar-refractivity contribution in [3.05, 3.63) is 16.3 Å². The van der Waals surface area contributed by atoms with Crippen LogP contribution in [0.1, 0.15) is 31.9 Å². The number of halogens is 1. The van der Waals surface area contributed by atoms with Gasteiger partial charge in [0, 0.05) is 5.25 Å². The van der Waals surface area contributed by atoms with Crippen molar-refractivity contribution >= 4 is 23.4 Å². The molecule has 15 heavy (non-hydrogen) atoms. The van der Waals surface area contributed by atoms with Gasteiger partial charge in [0.25, 0.3) is 0 Å². The summed E-state index contributed by atoms with van der Waals surface area (Å²) < 4.78 is 0. The minimum absolute atomic E-state index is 0.508. The van der Waals surface area contributed by atoms with Crippen molar-refractivity contribution < 1.29 is 0 Å². The SMILES string of the molecule is Cc1c(Cl)nnc(SC(C)C(C)C)c1C. The molecule has 0 fully saturated rings. The number of nitrogens with zero attached hydrogens (tertiary/aromatic N) is 2. The Labute approximate surface area is 101 Å². The van der Waals surface area contributed by atoms with E-state index in [0.29, 0.717) is 16.3 Å². The minimum atomic E-state index is 0.508. The van der Waals surface area contributed by atoms with Crippen LogP contribution in [0.5, 0.6) is 0 Å². The summed E-state index contributed by atoms with van der Waals surface area (Å²) in [6.07, 6.45) is 0. The minimum Gasteiger partial charge on any atom is -0.142 e. The van der Waals surface area contributed by atoms with E-state index in [2.05, 4.69) is 31.0 Å². The third kappa shape index (κ3) is 3.08. The third-order valence-electron chi connectivity index (χ3n) is 2.66. The Balaban J connectivity index is 2.92. The highest BCUT2D eigenvalue weighted by molar-refractivity contribution is 7.99. The Hall–Kier alpha value is -0.280. The van der Waals surface area contributed by atoms with Gasteiger partial charge in [-0.1, -0.05) is 32.4 Å². The van der Waals surface area contributed by atoms with E-state index in [1.54, 1.807) is 11.8 Å². The van der Waals surface area contributed by atoms with E-state index in [4.69, 9.17) is 11.6 Å². The molecular weight excluding hydrogens is 228 g/mol. The maximum atomic E-state index is 5.90. The van der Waals surface area contributed by atoms with E-state index in [0.717, 1.165) is 16.2 Å². The van der Waals surface area contributed by atoms with Crippen LogP contribution in [0.25, 0.3) is 0 Å². The summed E-state index contributed by atoms with van der Waals surface area (Å²) in [5, 5.41) is 10.1. The summed E-state index contributed by atoms with van der Waals surface area (Å²) in [5.41, 5.74) is 2.18. The molecular formula is C11H17ClN2S. The first-order valence-electron chi connectivity index (χ1n) is 5.09. The lowest BCUT2D eigenvalue weighted by Crippen LogP contribution is -2.07. The van der Waals surface area contributed by atoms with Crippen molar-refractivity contribution in [3.63, 3.8) is 0 Å². The summed E-state index contributed by atoms with van der Waals surface area (Å²) in [6, 6.07) is 0. The first kappa shape index (κ1) is 12.8. The zero-order valence-electron chi connectivity index (χ0n) is 9.84. The van der Waals surface area contributed by atoms with Gasteiger partial charge in [0.15, 0.2) is 5.15 Å². The first-order valence-corrected chi connectivity index (χ1v) is 6.35. The van der Waals surface area contributed by atoms with Gasteiger partial charge in [0.05, 0.1) is 0 Å². The second-order valence-corrected chi connectivity index (χ2v) is 5.84. The first-order chi connectivity index (χ1) is 6.93. The molecule has 1 aromatic rings. The molecule has 1 unspecified atom stereocenters. The number of thioether (sulfide) groups is 1. The molecule has 0 aliphatic heterocycles. The molecule has 0 aliphatic rings. The molecule has 2 nitrogen and oxygen atoms in total. The predicted molar refractivity (Wildman–Crippen MR) is 66.7 cm³/mol. The molecule has 1 atom stereocenters. The van der Waals surface area contributed by atoms with Gasteiger partial charge in [0.1, 0.15) is 5.03 Å². The van der Waals surface area contributed by atoms with E-state index >= 15 is 0 Å². The highest BCUT2D eigenvalue weighted by Gasteiger charge is 2.14. The number of rotatable bonds is 3. The Kier molecular flexibility index (Phi) is 4.41. The fourth-order valence-electron chi connectivity index (χ4n) is 0.979. The molecule has 0 aromatic carbocycles. The molecule has 1 rings (SSSR count). The van der Waals surface area contributed by atoms with Crippen LogP contribution in [0.15, 0.2) is 5.03 Å². The van der Waals surface area contributed by atoms with Crippen molar-refractivity contribution in [1.29, 1.82) is 0 Å². The van der Waals surface area contributed by atoms with Crippen molar-refractivity contribution in [2.45, 2.75) is 44.9 Å². The van der Waals surface area contributed by atoms with Crippen LogP contribution in [0.4, 0.5) is 0 Å². The molecule has 0 N–H and O–H groups in total. The molecule has 0 bridgehead atoms. The smallest absolute Gasteiger partial charge is 0.142 e. The topological polar surface area (TPSA) is 25.8 Å². The van der Waals surface area contributed by atoms with E-state index in [9.17, 15) is 0 Å². The maximum Gasteiger partial charge on any atom is 0.154 e. The summed E-state index contributed by atoms with van der Waals surface area (Å²) in [4.78, 5) is 0. The molecule has 0 radical (unpaired) electrons. The monoisotopic (exact) mass is 244 g/mol. The van der Waals surface area contributed by atoms with Gasteiger partial charge in [-0.25, -0.2) is 0 Å². The van der Waals surface area contributed by atoms with E-state index in [1.807, 2.05) is 13.8 Å². The maximum absolute atomic E-state index is 5.90. The zero-order valence-corrected chi connectivity index (χ0v) is 11.4. The zero-order chi connectivity index (χ0) is 11.6. The highest BCUT2D eigenvalue weighted by Crippen LogP contribution is 2.30. The van der Waals surface area contributed by atoms with Crippen molar-refractivity contribution in [3.8, 4) is 0 Å². The third-order valence-corrected chi connectivity index (χ3v) is 4.54. The lowest BCUT2D eigenvalue weighted by Gasteiger charge is -2.15. The quantitative estimate of drug-likeness (QED) is 0.755. The van der Waals surface area contributed by atoms with Gasteiger partial charge in [-0.3, -0.25) is 0 Å². The van der Waals surface area contributed by atoms with Crippen LogP contribution < -0.4 is 0 Å². The van der Waals surface area contributed by atoms with Gasteiger partial charge in [-0.05, 0) is 30.9 Å². The summed E-state index contributed by atoms with van der Waals surface area (Å²) >= 11 is 7.67. The van der Waals surface area contributed by atoms with Gasteiger partial charge >= 0.3 is 0 Å². The van der Waals surface area contributed by atoms with Crippen LogP contribution >= 0.6 is 23.4 Å². The largest absolute Gasteiger partial charge is 0.154 e. The molecule has 0 saturated heterocycles. The number of hydrogen-bond donors (Lipinski definition) is 0. The lowest BCUT2D eigenvalue weighted by molar-refractivity contribution is 0.640.